The van der Waals surface area contributed by atoms with E-state index in [9.17, 15) is 5.11 Å². The zero-order chi connectivity index (χ0) is 12.4. The molecule has 3 heteroatoms. The second-order valence-electron chi connectivity index (χ2n) is 5.39. The Labute approximate surface area is 107 Å². The smallest absolute Gasteiger partial charge is 0.0771 e. The molecule has 0 atom stereocenters. The van der Waals surface area contributed by atoms with E-state index >= 15 is 0 Å². The molecule has 1 aliphatic carbocycles. The molecule has 3 rings (SSSR count). The fourth-order valence-electron chi connectivity index (χ4n) is 2.94. The minimum absolute atomic E-state index is 0.466. The molecular weight excluding hydrogens is 224 g/mol. The zero-order valence-corrected chi connectivity index (χ0v) is 10.6. The quantitative estimate of drug-likeness (QED) is 0.774. The van der Waals surface area contributed by atoms with E-state index in [4.69, 9.17) is 0 Å². The minimum Gasteiger partial charge on any atom is -0.389 e. The lowest BCUT2D eigenvalue weighted by Crippen LogP contribution is -2.37. The van der Waals surface area contributed by atoms with E-state index in [-0.39, 0.29) is 0 Å². The molecule has 0 saturated heterocycles. The molecule has 0 radical (unpaired) electrons. The van der Waals surface area contributed by atoms with Gasteiger partial charge in [0.15, 0.2) is 0 Å². The summed E-state index contributed by atoms with van der Waals surface area (Å²) < 4.78 is 0. The van der Waals surface area contributed by atoms with Crippen LogP contribution in [-0.4, -0.2) is 22.2 Å². The predicted octanol–water partition coefficient (Wildman–Crippen LogP) is 2.56. The molecule has 1 saturated carbocycles. The van der Waals surface area contributed by atoms with Gasteiger partial charge in [-0.25, -0.2) is 0 Å². The topological polar surface area (TPSA) is 48.0 Å². The first-order valence-electron chi connectivity index (χ1n) is 6.75. The molecule has 0 bridgehead atoms. The first kappa shape index (κ1) is 11.8. The van der Waals surface area contributed by atoms with Gasteiger partial charge in [-0.05, 0) is 30.5 Å². The highest BCUT2D eigenvalue weighted by Gasteiger charge is 2.30. The third-order valence-corrected chi connectivity index (χ3v) is 3.99. The van der Waals surface area contributed by atoms with Gasteiger partial charge in [0.2, 0.25) is 0 Å². The molecule has 1 aromatic heterocycles. The first-order chi connectivity index (χ1) is 8.77. The highest BCUT2D eigenvalue weighted by atomic mass is 16.3. The maximum Gasteiger partial charge on any atom is 0.0771 e. The lowest BCUT2D eigenvalue weighted by Gasteiger charge is -2.22. The van der Waals surface area contributed by atoms with Gasteiger partial charge < -0.3 is 15.4 Å². The number of fused-ring (bicyclic) bond motifs is 1. The van der Waals surface area contributed by atoms with Gasteiger partial charge in [-0.1, -0.05) is 25.0 Å². The molecule has 0 aliphatic heterocycles. The van der Waals surface area contributed by atoms with Gasteiger partial charge in [0.25, 0.3) is 0 Å². The van der Waals surface area contributed by atoms with Crippen LogP contribution in [0.3, 0.4) is 0 Å². The SMILES string of the molecule is OC1(CNCc2cccc3[nH]ccc23)CCCC1. The summed E-state index contributed by atoms with van der Waals surface area (Å²) in [7, 11) is 0. The van der Waals surface area contributed by atoms with Crippen molar-refractivity contribution in [1.29, 1.82) is 0 Å². The lowest BCUT2D eigenvalue weighted by molar-refractivity contribution is 0.0475. The molecule has 0 amide bonds. The van der Waals surface area contributed by atoms with E-state index in [2.05, 4.69) is 34.6 Å². The van der Waals surface area contributed by atoms with Gasteiger partial charge in [0.05, 0.1) is 5.60 Å². The standard InChI is InChI=1S/C15H20N2O/c18-15(7-1-2-8-15)11-16-10-12-4-3-5-14-13(12)6-9-17-14/h3-6,9,16-18H,1-2,7-8,10-11H2. The van der Waals surface area contributed by atoms with Crippen LogP contribution in [0.5, 0.6) is 0 Å². The Bertz CT molecular complexity index is 526. The molecule has 0 spiro atoms. The van der Waals surface area contributed by atoms with Crippen molar-refractivity contribution in [3.05, 3.63) is 36.0 Å². The van der Waals surface area contributed by atoms with E-state index < -0.39 is 5.60 Å². The number of aromatic amines is 1. The molecule has 3 nitrogen and oxygen atoms in total. The molecule has 2 aromatic rings. The molecule has 96 valence electrons. The summed E-state index contributed by atoms with van der Waals surface area (Å²) in [5, 5.41) is 14.9. The van der Waals surface area contributed by atoms with Crippen LogP contribution in [0.4, 0.5) is 0 Å². The number of benzene rings is 1. The van der Waals surface area contributed by atoms with E-state index in [0.29, 0.717) is 6.54 Å². The number of H-pyrrole nitrogens is 1. The van der Waals surface area contributed by atoms with Crippen molar-refractivity contribution >= 4 is 10.9 Å². The Balaban J connectivity index is 1.64. The number of aromatic nitrogens is 1. The highest BCUT2D eigenvalue weighted by Crippen LogP contribution is 2.28. The van der Waals surface area contributed by atoms with Crippen molar-refractivity contribution in [2.24, 2.45) is 0 Å². The van der Waals surface area contributed by atoms with Crippen molar-refractivity contribution in [2.75, 3.05) is 6.54 Å². The van der Waals surface area contributed by atoms with Crippen LogP contribution in [0, 0.1) is 0 Å². The average Bonchev–Trinajstić information content (AvgIpc) is 2.98. The van der Waals surface area contributed by atoms with Crippen molar-refractivity contribution in [1.82, 2.24) is 10.3 Å². The van der Waals surface area contributed by atoms with Gasteiger partial charge in [-0.15, -0.1) is 0 Å². The fraction of sp³-hybridized carbons (Fsp3) is 0.467. The minimum atomic E-state index is -0.466. The van der Waals surface area contributed by atoms with Gasteiger partial charge in [0, 0.05) is 30.2 Å². The summed E-state index contributed by atoms with van der Waals surface area (Å²) in [5.41, 5.74) is 2.00. The van der Waals surface area contributed by atoms with Crippen molar-refractivity contribution in [2.45, 2.75) is 37.8 Å². The second-order valence-corrected chi connectivity index (χ2v) is 5.39. The van der Waals surface area contributed by atoms with E-state index in [1.165, 1.54) is 16.5 Å². The highest BCUT2D eigenvalue weighted by molar-refractivity contribution is 5.82. The zero-order valence-electron chi connectivity index (χ0n) is 10.6. The Kier molecular flexibility index (Phi) is 3.10. The van der Waals surface area contributed by atoms with E-state index in [1.807, 2.05) is 6.20 Å². The monoisotopic (exact) mass is 244 g/mol. The van der Waals surface area contributed by atoms with Crippen LogP contribution in [0.25, 0.3) is 10.9 Å². The van der Waals surface area contributed by atoms with Gasteiger partial charge in [-0.2, -0.15) is 0 Å². The molecule has 18 heavy (non-hydrogen) atoms. The fourth-order valence-corrected chi connectivity index (χ4v) is 2.94. The van der Waals surface area contributed by atoms with Crippen LogP contribution in [0.15, 0.2) is 30.5 Å². The maximum absolute atomic E-state index is 10.3. The van der Waals surface area contributed by atoms with Crippen molar-refractivity contribution in [3.8, 4) is 0 Å². The molecule has 3 N–H and O–H groups in total. The summed E-state index contributed by atoms with van der Waals surface area (Å²) in [6.45, 7) is 1.52. The van der Waals surface area contributed by atoms with E-state index in [0.717, 1.165) is 32.2 Å². The molecule has 1 aliphatic rings. The molecule has 0 unspecified atom stereocenters. The van der Waals surface area contributed by atoms with Crippen LogP contribution < -0.4 is 5.32 Å². The van der Waals surface area contributed by atoms with Crippen LogP contribution in [0.2, 0.25) is 0 Å². The molecule has 1 aromatic carbocycles. The van der Waals surface area contributed by atoms with Crippen LogP contribution in [-0.2, 0) is 6.54 Å². The summed E-state index contributed by atoms with van der Waals surface area (Å²) in [5.74, 6) is 0. The van der Waals surface area contributed by atoms with Gasteiger partial charge >= 0.3 is 0 Å². The normalized spacial score (nSPS) is 18.5. The number of hydrogen-bond donors (Lipinski definition) is 3. The van der Waals surface area contributed by atoms with Gasteiger partial charge in [0.1, 0.15) is 0 Å². The summed E-state index contributed by atoms with van der Waals surface area (Å²) >= 11 is 0. The molecule has 1 fully saturated rings. The summed E-state index contributed by atoms with van der Waals surface area (Å²) in [6, 6.07) is 8.40. The third-order valence-electron chi connectivity index (χ3n) is 3.99. The number of aliphatic hydroxyl groups is 1. The Morgan fingerprint density at radius 1 is 1.22 bits per heavy atom. The largest absolute Gasteiger partial charge is 0.389 e. The predicted molar refractivity (Wildman–Crippen MR) is 73.4 cm³/mol. The Morgan fingerprint density at radius 2 is 2.06 bits per heavy atom. The number of hydrogen-bond acceptors (Lipinski definition) is 2. The molecular formula is C15H20N2O. The van der Waals surface area contributed by atoms with Crippen LogP contribution >= 0.6 is 0 Å². The average molecular weight is 244 g/mol. The molecule has 1 heterocycles. The van der Waals surface area contributed by atoms with Crippen molar-refractivity contribution in [3.63, 3.8) is 0 Å². The summed E-state index contributed by atoms with van der Waals surface area (Å²) in [4.78, 5) is 3.22. The lowest BCUT2D eigenvalue weighted by atomic mass is 10.0. The first-order valence-corrected chi connectivity index (χ1v) is 6.75. The second kappa shape index (κ2) is 4.75. The van der Waals surface area contributed by atoms with Crippen molar-refractivity contribution < 1.29 is 5.11 Å². The Morgan fingerprint density at radius 3 is 2.89 bits per heavy atom. The van der Waals surface area contributed by atoms with E-state index in [1.54, 1.807) is 0 Å². The number of nitrogens with one attached hydrogen (secondary N) is 2. The third kappa shape index (κ3) is 2.28. The Hall–Kier alpha value is -1.32. The van der Waals surface area contributed by atoms with Crippen LogP contribution in [0.1, 0.15) is 31.2 Å². The summed E-state index contributed by atoms with van der Waals surface area (Å²) in [6.07, 6.45) is 6.17. The number of rotatable bonds is 4. The maximum atomic E-state index is 10.3. The van der Waals surface area contributed by atoms with Gasteiger partial charge in [-0.3, -0.25) is 0 Å².